The Labute approximate surface area is 180 Å². The van der Waals surface area contributed by atoms with Crippen LogP contribution in [0, 0.1) is 5.82 Å². The summed E-state index contributed by atoms with van der Waals surface area (Å²) in [6.45, 7) is 2.91. The Hall–Kier alpha value is -2.65. The molecule has 0 aliphatic carbocycles. The smallest absolute Gasteiger partial charge is 0.422 e. The fourth-order valence-corrected chi connectivity index (χ4v) is 3.73. The number of nitrogens with zero attached hydrogens (tertiary/aromatic N) is 2. The third-order valence-corrected chi connectivity index (χ3v) is 5.36. The topological polar surface area (TPSA) is 70.5 Å². The zero-order valence-electron chi connectivity index (χ0n) is 16.9. The molecule has 166 valence electrons. The number of aliphatic imine (C=N–C) groups is 1. The average Bonchev–Trinajstić information content (AvgIpc) is 3.14. The van der Waals surface area contributed by atoms with Gasteiger partial charge in [-0.05, 0) is 30.0 Å². The monoisotopic (exact) mass is 457 g/mol. The number of hydrogen-bond donors (Lipinski definition) is 2. The Kier molecular flexibility index (Phi) is 6.03. The van der Waals surface area contributed by atoms with E-state index in [1.54, 1.807) is 6.07 Å². The molecule has 5 nitrogen and oxygen atoms in total. The molecular weight excluding hydrogens is 438 g/mol. The van der Waals surface area contributed by atoms with Crippen LogP contribution in [0.3, 0.4) is 0 Å². The van der Waals surface area contributed by atoms with Crippen molar-refractivity contribution in [2.45, 2.75) is 37.5 Å². The Morgan fingerprint density at radius 2 is 1.94 bits per heavy atom. The van der Waals surface area contributed by atoms with Crippen molar-refractivity contribution in [2.75, 3.05) is 7.11 Å². The highest BCUT2D eigenvalue weighted by atomic mass is 35.5. The third kappa shape index (κ3) is 4.38. The molecule has 2 aromatic carbocycles. The van der Waals surface area contributed by atoms with Crippen LogP contribution in [0.5, 0.6) is 5.75 Å². The second-order valence-electron chi connectivity index (χ2n) is 7.79. The molecule has 0 amide bonds. The number of methoxy groups -OCH3 is 1. The molecule has 0 aliphatic heterocycles. The van der Waals surface area contributed by atoms with Crippen molar-refractivity contribution < 1.29 is 27.4 Å². The quantitative estimate of drug-likeness (QED) is 0.367. The normalized spacial score (nSPS) is 14.9. The van der Waals surface area contributed by atoms with Gasteiger partial charge in [0.1, 0.15) is 0 Å². The molecule has 10 heteroatoms. The first-order chi connectivity index (χ1) is 14.4. The van der Waals surface area contributed by atoms with Crippen LogP contribution in [0.15, 0.2) is 41.5 Å². The molecule has 3 aromatic rings. The number of H-pyrrole nitrogens is 1. The number of ether oxygens (including phenoxy) is 1. The lowest BCUT2D eigenvalue weighted by atomic mass is 9.74. The van der Waals surface area contributed by atoms with E-state index in [0.29, 0.717) is 17.1 Å². The molecule has 0 radical (unpaired) electrons. The Bertz CT molecular complexity index is 1130. The summed E-state index contributed by atoms with van der Waals surface area (Å²) in [5.41, 5.74) is -3.92. The molecule has 2 N–H and O–H groups in total. The molecule has 1 unspecified atom stereocenters. The Morgan fingerprint density at radius 1 is 1.23 bits per heavy atom. The van der Waals surface area contributed by atoms with Crippen molar-refractivity contribution in [2.24, 2.45) is 4.99 Å². The van der Waals surface area contributed by atoms with E-state index in [2.05, 4.69) is 15.2 Å². The van der Waals surface area contributed by atoms with Crippen molar-refractivity contribution in [3.05, 3.63) is 52.9 Å². The van der Waals surface area contributed by atoms with Gasteiger partial charge in [-0.15, -0.1) is 0 Å². The second kappa shape index (κ2) is 8.12. The average molecular weight is 458 g/mol. The number of aromatic nitrogens is 2. The SMILES string of the molecule is COc1c(F)cccc1C(C)(C)CC(O)(C=Nc1c(Cl)ccc2[nH]ncc12)C(F)(F)F. The van der Waals surface area contributed by atoms with Crippen LogP contribution >= 0.6 is 11.6 Å². The van der Waals surface area contributed by atoms with Gasteiger partial charge in [0.15, 0.2) is 17.2 Å². The molecule has 0 saturated carbocycles. The van der Waals surface area contributed by atoms with Crippen molar-refractivity contribution >= 4 is 34.4 Å². The minimum absolute atomic E-state index is 0.0386. The number of halogens is 5. The number of para-hydroxylation sites is 1. The van der Waals surface area contributed by atoms with Gasteiger partial charge in [-0.25, -0.2) is 4.39 Å². The van der Waals surface area contributed by atoms with Gasteiger partial charge < -0.3 is 9.84 Å². The van der Waals surface area contributed by atoms with Crippen molar-refractivity contribution in [1.82, 2.24) is 10.2 Å². The van der Waals surface area contributed by atoms with Gasteiger partial charge in [0.2, 0.25) is 0 Å². The number of aliphatic hydroxyl groups is 1. The maximum atomic E-state index is 14.1. The zero-order valence-corrected chi connectivity index (χ0v) is 17.6. The van der Waals surface area contributed by atoms with Gasteiger partial charge in [0.05, 0.1) is 29.5 Å². The fraction of sp³-hybridized carbons (Fsp3) is 0.333. The van der Waals surface area contributed by atoms with E-state index in [0.717, 1.165) is 6.07 Å². The van der Waals surface area contributed by atoms with Gasteiger partial charge in [-0.2, -0.15) is 18.3 Å². The van der Waals surface area contributed by atoms with Crippen LogP contribution in [-0.2, 0) is 5.41 Å². The highest BCUT2D eigenvalue weighted by Gasteiger charge is 2.55. The van der Waals surface area contributed by atoms with Crippen LogP contribution in [0.25, 0.3) is 10.9 Å². The lowest BCUT2D eigenvalue weighted by molar-refractivity contribution is -0.234. The van der Waals surface area contributed by atoms with Crippen LogP contribution in [-0.4, -0.2) is 40.4 Å². The zero-order chi connectivity index (χ0) is 23.0. The minimum Gasteiger partial charge on any atom is -0.493 e. The lowest BCUT2D eigenvalue weighted by Crippen LogP contribution is -2.50. The first kappa shape index (κ1) is 23.0. The summed E-state index contributed by atoms with van der Waals surface area (Å²) in [7, 11) is 1.23. The van der Waals surface area contributed by atoms with E-state index >= 15 is 0 Å². The number of rotatable bonds is 6. The summed E-state index contributed by atoms with van der Waals surface area (Å²) in [5, 5.41) is 17.7. The third-order valence-electron chi connectivity index (χ3n) is 5.06. The molecule has 3 rings (SSSR count). The maximum absolute atomic E-state index is 14.1. The van der Waals surface area contributed by atoms with Crippen molar-refractivity contribution in [3.63, 3.8) is 0 Å². The maximum Gasteiger partial charge on any atom is 0.422 e. The van der Waals surface area contributed by atoms with E-state index < -0.39 is 29.4 Å². The standard InChI is InChI=1S/C21H20ClF4N3O2/c1-19(2,13-5-4-6-15(23)18(13)31-3)10-20(30,21(24,25)26)11-27-17-12-9-28-29-16(12)8-7-14(17)22/h4-9,11,30H,10H2,1-3H3,(H,28,29). The summed E-state index contributed by atoms with van der Waals surface area (Å²) in [5.74, 6) is -0.893. The Balaban J connectivity index is 2.06. The van der Waals surface area contributed by atoms with E-state index in [1.165, 1.54) is 45.4 Å². The number of nitrogens with one attached hydrogen (secondary N) is 1. The molecule has 1 atom stereocenters. The van der Waals surface area contributed by atoms with Crippen molar-refractivity contribution in [1.29, 1.82) is 0 Å². The van der Waals surface area contributed by atoms with Crippen LogP contribution < -0.4 is 4.74 Å². The van der Waals surface area contributed by atoms with Gasteiger partial charge in [0.25, 0.3) is 0 Å². The molecule has 0 saturated heterocycles. The number of benzene rings is 2. The van der Waals surface area contributed by atoms with Gasteiger partial charge in [-0.1, -0.05) is 37.6 Å². The molecule has 0 bridgehead atoms. The predicted molar refractivity (Wildman–Crippen MR) is 111 cm³/mol. The first-order valence-corrected chi connectivity index (χ1v) is 9.56. The van der Waals surface area contributed by atoms with E-state index in [-0.39, 0.29) is 22.0 Å². The van der Waals surface area contributed by atoms with E-state index in [1.807, 2.05) is 0 Å². The summed E-state index contributed by atoms with van der Waals surface area (Å²) in [6, 6.07) is 7.04. The lowest BCUT2D eigenvalue weighted by Gasteiger charge is -2.36. The summed E-state index contributed by atoms with van der Waals surface area (Å²) in [4.78, 5) is 3.89. The molecule has 31 heavy (non-hydrogen) atoms. The second-order valence-corrected chi connectivity index (χ2v) is 8.20. The van der Waals surface area contributed by atoms with Crippen LogP contribution in [0.4, 0.5) is 23.2 Å². The van der Waals surface area contributed by atoms with Gasteiger partial charge in [-0.3, -0.25) is 10.1 Å². The van der Waals surface area contributed by atoms with E-state index in [4.69, 9.17) is 16.3 Å². The molecule has 1 aromatic heterocycles. The Morgan fingerprint density at radius 3 is 2.58 bits per heavy atom. The van der Waals surface area contributed by atoms with Crippen LogP contribution in [0.1, 0.15) is 25.8 Å². The number of alkyl halides is 3. The number of fused-ring (bicyclic) bond motifs is 1. The molecular formula is C21H20ClF4N3O2. The largest absolute Gasteiger partial charge is 0.493 e. The predicted octanol–water partition coefficient (Wildman–Crippen LogP) is 5.73. The fourth-order valence-electron chi connectivity index (χ4n) is 3.52. The minimum atomic E-state index is -5.06. The van der Waals surface area contributed by atoms with Gasteiger partial charge >= 0.3 is 6.18 Å². The molecule has 0 aliphatic rings. The summed E-state index contributed by atoms with van der Waals surface area (Å²) in [6.07, 6.45) is -4.10. The molecule has 1 heterocycles. The van der Waals surface area contributed by atoms with Crippen molar-refractivity contribution in [3.8, 4) is 5.75 Å². The highest BCUT2D eigenvalue weighted by Crippen LogP contribution is 2.44. The first-order valence-electron chi connectivity index (χ1n) is 9.18. The molecule has 0 spiro atoms. The van der Waals surface area contributed by atoms with E-state index in [9.17, 15) is 22.7 Å². The van der Waals surface area contributed by atoms with Gasteiger partial charge in [0, 0.05) is 17.2 Å². The number of hydrogen-bond acceptors (Lipinski definition) is 4. The highest BCUT2D eigenvalue weighted by molar-refractivity contribution is 6.34. The van der Waals surface area contributed by atoms with Crippen LogP contribution in [0.2, 0.25) is 5.02 Å². The summed E-state index contributed by atoms with van der Waals surface area (Å²) < 4.78 is 61.1. The molecule has 0 fully saturated rings. The summed E-state index contributed by atoms with van der Waals surface area (Å²) >= 11 is 6.11. The number of aromatic amines is 1.